The van der Waals surface area contributed by atoms with Crippen LogP contribution in [0.2, 0.25) is 5.02 Å². The van der Waals surface area contributed by atoms with Crippen molar-refractivity contribution in [2.45, 2.75) is 25.6 Å². The Bertz CT molecular complexity index is 330. The Kier molecular flexibility index (Phi) is 3.19. The Balaban J connectivity index is 2.82. The second-order valence-electron chi connectivity index (χ2n) is 3.75. The maximum Gasteiger partial charge on any atom is 0.410 e. The van der Waals surface area contributed by atoms with Gasteiger partial charge in [-0.3, -0.25) is 0 Å². The van der Waals surface area contributed by atoms with Gasteiger partial charge in [0, 0.05) is 10.7 Å². The van der Waals surface area contributed by atoms with Crippen LogP contribution in [0.25, 0.3) is 0 Å². The summed E-state index contributed by atoms with van der Waals surface area (Å²) in [4.78, 5) is 0. The smallest absolute Gasteiger partial charge is 0.372 e. The minimum Gasteiger partial charge on any atom is -0.372 e. The van der Waals surface area contributed by atoms with Gasteiger partial charge in [-0.25, -0.2) is 0 Å². The van der Waals surface area contributed by atoms with Crippen LogP contribution in [-0.4, -0.2) is 11.7 Å². The molecule has 0 aliphatic rings. The van der Waals surface area contributed by atoms with Crippen molar-refractivity contribution in [2.24, 2.45) is 0 Å². The predicted octanol–water partition coefficient (Wildman–Crippen LogP) is 4.09. The van der Waals surface area contributed by atoms with Crippen molar-refractivity contribution in [3.63, 3.8) is 0 Å². The highest BCUT2D eigenvalue weighted by molar-refractivity contribution is 6.30. The number of halogens is 4. The zero-order chi connectivity index (χ0) is 11.7. The molecule has 0 aliphatic heterocycles. The first-order valence-electron chi connectivity index (χ1n) is 4.33. The second kappa shape index (κ2) is 3.93. The molecule has 1 aromatic rings. The summed E-state index contributed by atoms with van der Waals surface area (Å²) in [6.07, 6.45) is -4.30. The highest BCUT2D eigenvalue weighted by Crippen LogP contribution is 2.32. The zero-order valence-electron chi connectivity index (χ0n) is 8.32. The Morgan fingerprint density at radius 2 is 1.53 bits per heavy atom. The largest absolute Gasteiger partial charge is 0.410 e. The molecule has 0 fully saturated rings. The average Bonchev–Trinajstić information content (AvgIpc) is 2.06. The fraction of sp³-hybridized carbons (Fsp3) is 0.400. The van der Waals surface area contributed by atoms with E-state index in [2.05, 4.69) is 5.32 Å². The van der Waals surface area contributed by atoms with Crippen LogP contribution in [0.5, 0.6) is 0 Å². The van der Waals surface area contributed by atoms with Crippen molar-refractivity contribution in [3.8, 4) is 0 Å². The number of alkyl halides is 3. The van der Waals surface area contributed by atoms with Crippen molar-refractivity contribution in [1.82, 2.24) is 0 Å². The molecule has 0 unspecified atom stereocenters. The van der Waals surface area contributed by atoms with E-state index in [4.69, 9.17) is 11.6 Å². The summed E-state index contributed by atoms with van der Waals surface area (Å²) in [5.41, 5.74) is -1.57. The molecule has 84 valence electrons. The molecule has 0 atom stereocenters. The van der Waals surface area contributed by atoms with Crippen LogP contribution in [0.4, 0.5) is 18.9 Å². The summed E-state index contributed by atoms with van der Waals surface area (Å²) in [5, 5.41) is 2.89. The normalized spacial score (nSPS) is 12.7. The van der Waals surface area contributed by atoms with Crippen molar-refractivity contribution in [3.05, 3.63) is 29.3 Å². The number of benzene rings is 1. The van der Waals surface area contributed by atoms with Gasteiger partial charge in [0.05, 0.1) is 0 Å². The minimum absolute atomic E-state index is 0.390. The van der Waals surface area contributed by atoms with E-state index < -0.39 is 11.7 Å². The highest BCUT2D eigenvalue weighted by Gasteiger charge is 2.47. The van der Waals surface area contributed by atoms with Gasteiger partial charge in [-0.15, -0.1) is 0 Å². The SMILES string of the molecule is CC(C)(Nc1ccc(Cl)cc1)C(F)(F)F. The molecule has 0 saturated carbocycles. The summed E-state index contributed by atoms with van der Waals surface area (Å²) in [5.74, 6) is 0. The van der Waals surface area contributed by atoms with E-state index in [1.165, 1.54) is 24.3 Å². The lowest BCUT2D eigenvalue weighted by Gasteiger charge is -2.29. The highest BCUT2D eigenvalue weighted by atomic mass is 35.5. The Labute approximate surface area is 91.2 Å². The molecule has 0 aromatic heterocycles. The summed E-state index contributed by atoms with van der Waals surface area (Å²) in [7, 11) is 0. The van der Waals surface area contributed by atoms with Crippen molar-refractivity contribution < 1.29 is 13.2 Å². The maximum absolute atomic E-state index is 12.5. The first kappa shape index (κ1) is 12.2. The first-order valence-corrected chi connectivity index (χ1v) is 4.71. The molecule has 0 spiro atoms. The van der Waals surface area contributed by atoms with Crippen LogP contribution >= 0.6 is 11.6 Å². The van der Waals surface area contributed by atoms with Crippen LogP contribution in [0.15, 0.2) is 24.3 Å². The van der Waals surface area contributed by atoms with Gasteiger partial charge in [-0.1, -0.05) is 11.6 Å². The third-order valence-electron chi connectivity index (χ3n) is 2.01. The third-order valence-corrected chi connectivity index (χ3v) is 2.26. The second-order valence-corrected chi connectivity index (χ2v) is 4.19. The van der Waals surface area contributed by atoms with E-state index in [1.54, 1.807) is 0 Å². The van der Waals surface area contributed by atoms with Crippen molar-refractivity contribution >= 4 is 17.3 Å². The third kappa shape index (κ3) is 3.02. The summed E-state index contributed by atoms with van der Waals surface area (Å²) in [6, 6.07) is 6.10. The van der Waals surface area contributed by atoms with E-state index in [9.17, 15) is 13.2 Å². The van der Waals surface area contributed by atoms with E-state index >= 15 is 0 Å². The number of nitrogens with one attached hydrogen (secondary N) is 1. The topological polar surface area (TPSA) is 12.0 Å². The van der Waals surface area contributed by atoms with Crippen LogP contribution in [0.3, 0.4) is 0 Å². The molecule has 0 heterocycles. The molecule has 5 heteroatoms. The molecule has 0 amide bonds. The van der Waals surface area contributed by atoms with E-state index in [0.717, 1.165) is 13.8 Å². The van der Waals surface area contributed by atoms with Crippen molar-refractivity contribution in [2.75, 3.05) is 5.32 Å². The minimum atomic E-state index is -4.30. The molecule has 0 bridgehead atoms. The Morgan fingerprint density at radius 3 is 1.93 bits per heavy atom. The zero-order valence-corrected chi connectivity index (χ0v) is 9.08. The van der Waals surface area contributed by atoms with Crippen LogP contribution < -0.4 is 5.32 Å². The summed E-state index contributed by atoms with van der Waals surface area (Å²) < 4.78 is 37.5. The standard InChI is InChI=1S/C10H11ClF3N/c1-9(2,10(12,13)14)15-8-5-3-7(11)4-6-8/h3-6,15H,1-2H3. The van der Waals surface area contributed by atoms with E-state index in [0.29, 0.717) is 10.7 Å². The molecular weight excluding hydrogens is 227 g/mol. The maximum atomic E-state index is 12.5. The van der Waals surface area contributed by atoms with Gasteiger partial charge in [0.1, 0.15) is 5.54 Å². The molecule has 1 N–H and O–H groups in total. The summed E-state index contributed by atoms with van der Waals surface area (Å²) in [6.45, 7) is 2.17. The number of anilines is 1. The quantitative estimate of drug-likeness (QED) is 0.817. The van der Waals surface area contributed by atoms with E-state index in [1.807, 2.05) is 0 Å². The number of hydrogen-bond acceptors (Lipinski definition) is 1. The Hall–Kier alpha value is -0.900. The van der Waals surface area contributed by atoms with Crippen LogP contribution in [-0.2, 0) is 0 Å². The monoisotopic (exact) mass is 237 g/mol. The van der Waals surface area contributed by atoms with Gasteiger partial charge >= 0.3 is 6.18 Å². The molecule has 15 heavy (non-hydrogen) atoms. The Morgan fingerprint density at radius 1 is 1.07 bits per heavy atom. The van der Waals surface area contributed by atoms with E-state index in [-0.39, 0.29) is 0 Å². The fourth-order valence-electron chi connectivity index (χ4n) is 0.965. The van der Waals surface area contributed by atoms with Crippen molar-refractivity contribution in [1.29, 1.82) is 0 Å². The lowest BCUT2D eigenvalue weighted by Crippen LogP contribution is -2.46. The van der Waals surface area contributed by atoms with Gasteiger partial charge in [0.2, 0.25) is 0 Å². The van der Waals surface area contributed by atoms with Gasteiger partial charge in [0.15, 0.2) is 0 Å². The lowest BCUT2D eigenvalue weighted by atomic mass is 10.0. The number of rotatable bonds is 2. The molecule has 0 aliphatic carbocycles. The van der Waals surface area contributed by atoms with Crippen LogP contribution in [0.1, 0.15) is 13.8 Å². The molecular formula is C10H11ClF3N. The van der Waals surface area contributed by atoms with Gasteiger partial charge in [-0.05, 0) is 38.1 Å². The number of hydrogen-bond donors (Lipinski definition) is 1. The van der Waals surface area contributed by atoms with Gasteiger partial charge in [0.25, 0.3) is 0 Å². The molecule has 1 nitrogen and oxygen atoms in total. The lowest BCUT2D eigenvalue weighted by molar-refractivity contribution is -0.168. The predicted molar refractivity (Wildman–Crippen MR) is 55.2 cm³/mol. The molecule has 1 rings (SSSR count). The van der Waals surface area contributed by atoms with Crippen LogP contribution in [0, 0.1) is 0 Å². The molecule has 0 saturated heterocycles. The fourth-order valence-corrected chi connectivity index (χ4v) is 1.09. The van der Waals surface area contributed by atoms with Gasteiger partial charge in [-0.2, -0.15) is 13.2 Å². The van der Waals surface area contributed by atoms with Gasteiger partial charge < -0.3 is 5.32 Å². The molecule has 0 radical (unpaired) electrons. The molecule has 1 aromatic carbocycles. The summed E-state index contributed by atoms with van der Waals surface area (Å²) >= 11 is 5.62. The first-order chi connectivity index (χ1) is 6.72. The average molecular weight is 238 g/mol.